The number of nitrogens with one attached hydrogen (secondary N) is 1. The lowest BCUT2D eigenvalue weighted by Crippen LogP contribution is -3.00. The van der Waals surface area contributed by atoms with Gasteiger partial charge in [0.05, 0.1) is 5.92 Å². The zero-order valence-corrected chi connectivity index (χ0v) is 15.5. The highest BCUT2D eigenvalue weighted by molar-refractivity contribution is 5.84. The number of carboxylic acids is 1. The first-order chi connectivity index (χ1) is 9.67. The quantitative estimate of drug-likeness (QED) is 0.514. The number of hydrogen-bond acceptors (Lipinski definition) is 3. The fourth-order valence-corrected chi connectivity index (χ4v) is 2.48. The van der Waals surface area contributed by atoms with Crippen LogP contribution in [0.25, 0.3) is 0 Å². The van der Waals surface area contributed by atoms with Crippen molar-refractivity contribution >= 4 is 11.9 Å². The minimum absolute atomic E-state index is 0. The van der Waals surface area contributed by atoms with Crippen molar-refractivity contribution in [2.24, 2.45) is 17.3 Å². The Morgan fingerprint density at radius 3 is 2.23 bits per heavy atom. The molecule has 0 heterocycles. The molecular weight excluding hydrogens is 304 g/mol. The number of aliphatic carboxylic acids is 1. The molecule has 0 spiro atoms. The molecule has 6 heteroatoms. The van der Waals surface area contributed by atoms with Crippen molar-refractivity contribution in [2.75, 3.05) is 26.7 Å². The Labute approximate surface area is 141 Å². The third kappa shape index (κ3) is 7.45. The van der Waals surface area contributed by atoms with E-state index in [-0.39, 0.29) is 18.3 Å². The maximum Gasteiger partial charge on any atom is 0.307 e. The molecule has 0 bridgehead atoms. The monoisotopic (exact) mass is 335 g/mol. The molecule has 0 aromatic heterocycles. The molecule has 0 radical (unpaired) electrons. The van der Waals surface area contributed by atoms with E-state index in [0.717, 1.165) is 25.9 Å². The molecule has 1 amide bonds. The van der Waals surface area contributed by atoms with Gasteiger partial charge in [-0.25, -0.2) is 0 Å². The van der Waals surface area contributed by atoms with Gasteiger partial charge in [-0.3, -0.25) is 9.59 Å². The Hall–Kier alpha value is -0.810. The van der Waals surface area contributed by atoms with E-state index in [4.69, 9.17) is 0 Å². The summed E-state index contributed by atoms with van der Waals surface area (Å²) in [4.78, 5) is 25.9. The van der Waals surface area contributed by atoms with Gasteiger partial charge in [-0.15, -0.1) is 0 Å². The molecule has 0 fully saturated rings. The van der Waals surface area contributed by atoms with Crippen LogP contribution in [0.4, 0.5) is 0 Å². The average molecular weight is 336 g/mol. The highest BCUT2D eigenvalue weighted by Crippen LogP contribution is 2.36. The number of halogens is 1. The maximum absolute atomic E-state index is 12.2. The van der Waals surface area contributed by atoms with Crippen molar-refractivity contribution in [1.82, 2.24) is 10.2 Å². The summed E-state index contributed by atoms with van der Waals surface area (Å²) in [6.07, 6.45) is 1.60. The minimum atomic E-state index is -0.893. The first-order valence-electron chi connectivity index (χ1n) is 7.86. The Bertz CT molecular complexity index is 348. The van der Waals surface area contributed by atoms with E-state index in [9.17, 15) is 14.7 Å². The van der Waals surface area contributed by atoms with E-state index in [1.54, 1.807) is 6.92 Å². The Balaban J connectivity index is 0. The van der Waals surface area contributed by atoms with E-state index < -0.39 is 23.2 Å². The SMILES string of the molecule is CCN(C)CCCNC(=O)C(C)C(C(=O)O)C(C)(C)CC.[Cl-]. The van der Waals surface area contributed by atoms with Gasteiger partial charge < -0.3 is 27.7 Å². The fourth-order valence-electron chi connectivity index (χ4n) is 2.48. The van der Waals surface area contributed by atoms with Crippen LogP contribution in [0.3, 0.4) is 0 Å². The maximum atomic E-state index is 12.2. The number of rotatable bonds is 10. The van der Waals surface area contributed by atoms with Crippen LogP contribution in [-0.2, 0) is 9.59 Å². The number of hydrogen-bond donors (Lipinski definition) is 2. The molecule has 2 unspecified atom stereocenters. The lowest BCUT2D eigenvalue weighted by atomic mass is 9.70. The highest BCUT2D eigenvalue weighted by Gasteiger charge is 2.40. The second kappa shape index (κ2) is 10.8. The topological polar surface area (TPSA) is 69.6 Å². The van der Waals surface area contributed by atoms with Crippen molar-refractivity contribution in [3.63, 3.8) is 0 Å². The van der Waals surface area contributed by atoms with Gasteiger partial charge in [0.15, 0.2) is 0 Å². The summed E-state index contributed by atoms with van der Waals surface area (Å²) in [6, 6.07) is 0. The van der Waals surface area contributed by atoms with Crippen molar-refractivity contribution in [3.05, 3.63) is 0 Å². The Morgan fingerprint density at radius 2 is 1.82 bits per heavy atom. The molecule has 2 atom stereocenters. The first kappa shape index (κ1) is 23.5. The number of carbonyl (C=O) groups excluding carboxylic acids is 1. The minimum Gasteiger partial charge on any atom is -1.00 e. The molecule has 0 aliphatic carbocycles. The number of nitrogens with zero attached hydrogens (tertiary/aromatic N) is 1. The molecule has 0 aromatic rings. The predicted molar refractivity (Wildman–Crippen MR) is 85.2 cm³/mol. The van der Waals surface area contributed by atoms with E-state index in [1.807, 2.05) is 27.8 Å². The summed E-state index contributed by atoms with van der Waals surface area (Å²) in [5.74, 6) is -2.25. The van der Waals surface area contributed by atoms with Crippen LogP contribution in [0.2, 0.25) is 0 Å². The molecule has 0 aromatic carbocycles. The summed E-state index contributed by atoms with van der Waals surface area (Å²) in [7, 11) is 2.04. The van der Waals surface area contributed by atoms with Gasteiger partial charge in [-0.1, -0.05) is 41.0 Å². The van der Waals surface area contributed by atoms with Crippen molar-refractivity contribution in [1.29, 1.82) is 0 Å². The molecule has 0 saturated heterocycles. The molecule has 132 valence electrons. The summed E-state index contributed by atoms with van der Waals surface area (Å²) < 4.78 is 0. The van der Waals surface area contributed by atoms with Crippen molar-refractivity contribution < 1.29 is 27.1 Å². The molecule has 22 heavy (non-hydrogen) atoms. The second-order valence-corrected chi connectivity index (χ2v) is 6.49. The second-order valence-electron chi connectivity index (χ2n) is 6.49. The van der Waals surface area contributed by atoms with Gasteiger partial charge >= 0.3 is 5.97 Å². The molecular formula is C16H32ClN2O3-. The van der Waals surface area contributed by atoms with Crippen molar-refractivity contribution in [2.45, 2.75) is 47.5 Å². The summed E-state index contributed by atoms with van der Waals surface area (Å²) in [5.41, 5.74) is -0.398. The summed E-state index contributed by atoms with van der Waals surface area (Å²) in [6.45, 7) is 12.1. The van der Waals surface area contributed by atoms with E-state index in [1.165, 1.54) is 0 Å². The fraction of sp³-hybridized carbons (Fsp3) is 0.875. The summed E-state index contributed by atoms with van der Waals surface area (Å²) in [5, 5.41) is 12.3. The van der Waals surface area contributed by atoms with E-state index >= 15 is 0 Å². The van der Waals surface area contributed by atoms with Crippen LogP contribution in [-0.4, -0.2) is 48.6 Å². The molecule has 0 aliphatic heterocycles. The van der Waals surface area contributed by atoms with Gasteiger partial charge in [-0.05, 0) is 32.0 Å². The third-order valence-electron chi connectivity index (χ3n) is 4.49. The molecule has 0 rings (SSSR count). The number of carbonyl (C=O) groups is 2. The van der Waals surface area contributed by atoms with Crippen LogP contribution in [0.15, 0.2) is 0 Å². The Kier molecular flexibility index (Phi) is 11.6. The van der Waals surface area contributed by atoms with Crippen LogP contribution in [0.5, 0.6) is 0 Å². The van der Waals surface area contributed by atoms with Crippen LogP contribution >= 0.6 is 0 Å². The molecule has 0 aliphatic rings. The Morgan fingerprint density at radius 1 is 1.27 bits per heavy atom. The smallest absolute Gasteiger partial charge is 0.307 e. The number of amides is 1. The van der Waals surface area contributed by atoms with E-state index in [2.05, 4.69) is 17.1 Å². The lowest BCUT2D eigenvalue weighted by Gasteiger charge is -2.33. The average Bonchev–Trinajstić information content (AvgIpc) is 2.42. The predicted octanol–water partition coefficient (Wildman–Crippen LogP) is -0.778. The lowest BCUT2D eigenvalue weighted by molar-refractivity contribution is -0.152. The van der Waals surface area contributed by atoms with Crippen LogP contribution in [0, 0.1) is 17.3 Å². The van der Waals surface area contributed by atoms with Gasteiger partial charge in [0, 0.05) is 12.5 Å². The van der Waals surface area contributed by atoms with Gasteiger partial charge in [0.1, 0.15) is 0 Å². The van der Waals surface area contributed by atoms with Crippen LogP contribution in [0.1, 0.15) is 47.5 Å². The largest absolute Gasteiger partial charge is 1.00 e. The molecule has 2 N–H and O–H groups in total. The normalized spacial score (nSPS) is 14.1. The van der Waals surface area contributed by atoms with Crippen molar-refractivity contribution in [3.8, 4) is 0 Å². The molecule has 0 saturated carbocycles. The van der Waals surface area contributed by atoms with Gasteiger partial charge in [-0.2, -0.15) is 0 Å². The standard InChI is InChI=1S/C16H32N2O3.ClH/c1-7-16(4,5)13(15(20)21)12(3)14(19)17-10-9-11-18(6)8-2;/h12-13H,7-11H2,1-6H3,(H,17,19)(H,20,21);1H/p-1. The zero-order valence-electron chi connectivity index (χ0n) is 14.8. The van der Waals surface area contributed by atoms with Gasteiger partial charge in [0.25, 0.3) is 0 Å². The van der Waals surface area contributed by atoms with E-state index in [0.29, 0.717) is 6.54 Å². The summed E-state index contributed by atoms with van der Waals surface area (Å²) >= 11 is 0. The zero-order chi connectivity index (χ0) is 16.6. The molecule has 5 nitrogen and oxygen atoms in total. The number of carboxylic acid groups (broad SMARTS) is 1. The third-order valence-corrected chi connectivity index (χ3v) is 4.49. The van der Waals surface area contributed by atoms with Gasteiger partial charge in [0.2, 0.25) is 5.91 Å². The van der Waals surface area contributed by atoms with Crippen LogP contribution < -0.4 is 17.7 Å². The first-order valence-corrected chi connectivity index (χ1v) is 7.86. The highest BCUT2D eigenvalue weighted by atomic mass is 35.5.